The summed E-state index contributed by atoms with van der Waals surface area (Å²) in [6.07, 6.45) is 2.07. The highest BCUT2D eigenvalue weighted by atomic mass is 16.6. The number of hydrogen-bond donors (Lipinski definition) is 2. The molecule has 7 nitrogen and oxygen atoms in total. The van der Waals surface area contributed by atoms with Crippen molar-refractivity contribution in [1.82, 2.24) is 0 Å². The lowest BCUT2D eigenvalue weighted by Crippen LogP contribution is -3.11. The SMILES string of the molecule is CC1(C)C(=O)Nc2ccccc2N1C(=O)C[NH+]1CCC[C@H]1c1ccc2c(c1)OCCO2. The van der Waals surface area contributed by atoms with E-state index in [0.717, 1.165) is 36.6 Å². The molecule has 3 heterocycles. The van der Waals surface area contributed by atoms with Crippen LogP contribution >= 0.6 is 0 Å². The number of likely N-dealkylation sites (tertiary alicyclic amines) is 1. The maximum absolute atomic E-state index is 13.6. The van der Waals surface area contributed by atoms with Crippen molar-refractivity contribution in [3.8, 4) is 11.5 Å². The molecule has 0 bridgehead atoms. The lowest BCUT2D eigenvalue weighted by Gasteiger charge is -2.42. The van der Waals surface area contributed by atoms with Crippen LogP contribution in [-0.2, 0) is 9.59 Å². The zero-order valence-corrected chi connectivity index (χ0v) is 17.9. The quantitative estimate of drug-likeness (QED) is 0.793. The van der Waals surface area contributed by atoms with E-state index in [9.17, 15) is 9.59 Å². The van der Waals surface area contributed by atoms with Gasteiger partial charge in [-0.3, -0.25) is 14.5 Å². The monoisotopic (exact) mass is 422 g/mol. The Bertz CT molecular complexity index is 1040. The summed E-state index contributed by atoms with van der Waals surface area (Å²) in [7, 11) is 0. The van der Waals surface area contributed by atoms with Gasteiger partial charge in [0.25, 0.3) is 5.91 Å². The topological polar surface area (TPSA) is 72.3 Å². The molecule has 3 aliphatic rings. The smallest absolute Gasteiger partial charge is 0.283 e. The van der Waals surface area contributed by atoms with Gasteiger partial charge in [-0.05, 0) is 44.2 Å². The van der Waals surface area contributed by atoms with Crippen LogP contribution < -0.4 is 24.6 Å². The molecular formula is C24H28N3O4+. The Morgan fingerprint density at radius 3 is 2.77 bits per heavy atom. The fraction of sp³-hybridized carbons (Fsp3) is 0.417. The summed E-state index contributed by atoms with van der Waals surface area (Å²) >= 11 is 0. The minimum absolute atomic E-state index is 0.0354. The molecule has 2 atom stereocenters. The first-order chi connectivity index (χ1) is 14.9. The average Bonchev–Trinajstić information content (AvgIpc) is 3.22. The summed E-state index contributed by atoms with van der Waals surface area (Å²) in [5, 5.41) is 2.93. The molecule has 2 aromatic rings. The van der Waals surface area contributed by atoms with Crippen LogP contribution in [0.4, 0.5) is 11.4 Å². The van der Waals surface area contributed by atoms with Crippen molar-refractivity contribution in [3.05, 3.63) is 48.0 Å². The molecule has 2 N–H and O–H groups in total. The number of para-hydroxylation sites is 2. The minimum atomic E-state index is -0.947. The van der Waals surface area contributed by atoms with Gasteiger partial charge < -0.3 is 19.7 Å². The number of anilines is 2. The molecule has 162 valence electrons. The molecule has 31 heavy (non-hydrogen) atoms. The third-order valence-electron chi connectivity index (χ3n) is 6.59. The van der Waals surface area contributed by atoms with Gasteiger partial charge in [-0.2, -0.15) is 0 Å². The van der Waals surface area contributed by atoms with E-state index in [2.05, 4.69) is 17.4 Å². The third kappa shape index (κ3) is 3.43. The Morgan fingerprint density at radius 1 is 1.16 bits per heavy atom. The number of fused-ring (bicyclic) bond motifs is 2. The van der Waals surface area contributed by atoms with Crippen molar-refractivity contribution in [2.75, 3.05) is 36.5 Å². The maximum atomic E-state index is 13.6. The number of ether oxygens (including phenoxy) is 2. The molecule has 1 saturated heterocycles. The van der Waals surface area contributed by atoms with Crippen LogP contribution in [0.2, 0.25) is 0 Å². The number of amides is 2. The predicted octanol–water partition coefficient (Wildman–Crippen LogP) is 1.94. The second-order valence-corrected chi connectivity index (χ2v) is 8.94. The summed E-state index contributed by atoms with van der Waals surface area (Å²) in [6.45, 7) is 5.99. The van der Waals surface area contributed by atoms with E-state index in [1.165, 1.54) is 10.5 Å². The Morgan fingerprint density at radius 2 is 1.94 bits per heavy atom. The van der Waals surface area contributed by atoms with Crippen molar-refractivity contribution in [2.24, 2.45) is 0 Å². The molecule has 0 aliphatic carbocycles. The molecule has 0 spiro atoms. The number of carbonyl (C=O) groups excluding carboxylic acids is 2. The number of hydrogen-bond acceptors (Lipinski definition) is 4. The van der Waals surface area contributed by atoms with Gasteiger partial charge >= 0.3 is 0 Å². The standard InChI is InChI=1S/C24H27N3O4/c1-24(2)23(29)25-17-6-3-4-7-19(17)27(24)22(28)15-26-11-5-8-18(26)16-9-10-20-21(14-16)31-13-12-30-20/h3-4,6-7,9-10,14,18H,5,8,11-13,15H2,1-2H3,(H,25,29)/p+1/t18-/m0/s1. The van der Waals surface area contributed by atoms with Crippen LogP contribution in [0, 0.1) is 0 Å². The molecule has 5 rings (SSSR count). The van der Waals surface area contributed by atoms with E-state index in [-0.39, 0.29) is 17.9 Å². The lowest BCUT2D eigenvalue weighted by molar-refractivity contribution is -0.910. The molecule has 2 amide bonds. The fourth-order valence-electron chi connectivity index (χ4n) is 4.97. The number of rotatable bonds is 3. The summed E-state index contributed by atoms with van der Waals surface area (Å²) in [6, 6.07) is 13.8. The van der Waals surface area contributed by atoms with Crippen molar-refractivity contribution < 1.29 is 24.0 Å². The molecule has 1 unspecified atom stereocenters. The van der Waals surface area contributed by atoms with Crippen LogP contribution in [0.15, 0.2) is 42.5 Å². The van der Waals surface area contributed by atoms with Gasteiger partial charge in [0.05, 0.1) is 17.9 Å². The summed E-state index contributed by atoms with van der Waals surface area (Å²) in [5.74, 6) is 1.36. The van der Waals surface area contributed by atoms with Crippen molar-refractivity contribution in [1.29, 1.82) is 0 Å². The van der Waals surface area contributed by atoms with E-state index in [4.69, 9.17) is 9.47 Å². The maximum Gasteiger partial charge on any atom is 0.283 e. The largest absolute Gasteiger partial charge is 0.486 e. The van der Waals surface area contributed by atoms with Crippen LogP contribution in [0.3, 0.4) is 0 Å². The van der Waals surface area contributed by atoms with E-state index >= 15 is 0 Å². The first-order valence-electron chi connectivity index (χ1n) is 10.9. The van der Waals surface area contributed by atoms with Crippen molar-refractivity contribution >= 4 is 23.2 Å². The van der Waals surface area contributed by atoms with Crippen LogP contribution in [0.1, 0.15) is 38.3 Å². The minimum Gasteiger partial charge on any atom is -0.486 e. The Labute approximate surface area is 181 Å². The van der Waals surface area contributed by atoms with Crippen LogP contribution in [-0.4, -0.2) is 43.7 Å². The van der Waals surface area contributed by atoms with Crippen LogP contribution in [0.5, 0.6) is 11.5 Å². The van der Waals surface area contributed by atoms with Gasteiger partial charge in [0.15, 0.2) is 18.0 Å². The molecule has 2 aromatic carbocycles. The van der Waals surface area contributed by atoms with Gasteiger partial charge in [0.2, 0.25) is 5.91 Å². The first kappa shape index (κ1) is 19.9. The number of nitrogens with one attached hydrogen (secondary N) is 2. The van der Waals surface area contributed by atoms with E-state index in [1.807, 2.05) is 30.3 Å². The van der Waals surface area contributed by atoms with E-state index < -0.39 is 5.54 Å². The second-order valence-electron chi connectivity index (χ2n) is 8.94. The van der Waals surface area contributed by atoms with E-state index in [1.54, 1.807) is 18.7 Å². The second kappa shape index (κ2) is 7.57. The molecule has 3 aliphatic heterocycles. The average molecular weight is 423 g/mol. The van der Waals surface area contributed by atoms with Crippen LogP contribution in [0.25, 0.3) is 0 Å². The third-order valence-corrected chi connectivity index (χ3v) is 6.59. The highest BCUT2D eigenvalue weighted by molar-refractivity contribution is 6.14. The van der Waals surface area contributed by atoms with Gasteiger partial charge in [-0.15, -0.1) is 0 Å². The number of nitrogens with zero attached hydrogens (tertiary/aromatic N) is 1. The summed E-state index contributed by atoms with van der Waals surface area (Å²) in [5.41, 5.74) is 1.66. The highest BCUT2D eigenvalue weighted by Gasteiger charge is 2.45. The Kier molecular flexibility index (Phi) is 4.85. The zero-order valence-electron chi connectivity index (χ0n) is 17.9. The zero-order chi connectivity index (χ0) is 21.6. The Hall–Kier alpha value is -3.06. The van der Waals surface area contributed by atoms with Gasteiger partial charge in [0, 0.05) is 18.4 Å². The number of quaternary nitrogens is 1. The molecule has 7 heteroatoms. The highest BCUT2D eigenvalue weighted by Crippen LogP contribution is 2.37. The van der Waals surface area contributed by atoms with Gasteiger partial charge in [0.1, 0.15) is 24.8 Å². The molecule has 0 aromatic heterocycles. The van der Waals surface area contributed by atoms with E-state index in [0.29, 0.717) is 25.4 Å². The van der Waals surface area contributed by atoms with Crippen molar-refractivity contribution in [2.45, 2.75) is 38.3 Å². The molecule has 0 saturated carbocycles. The number of carbonyl (C=O) groups is 2. The lowest BCUT2D eigenvalue weighted by atomic mass is 9.96. The fourth-order valence-corrected chi connectivity index (χ4v) is 4.97. The Balaban J connectivity index is 1.40. The molecule has 1 fully saturated rings. The summed E-state index contributed by atoms with van der Waals surface area (Å²) in [4.78, 5) is 29.2. The molecular weight excluding hydrogens is 394 g/mol. The normalized spacial score (nSPS) is 23.8. The summed E-state index contributed by atoms with van der Waals surface area (Å²) < 4.78 is 11.4. The van der Waals surface area contributed by atoms with Gasteiger partial charge in [-0.25, -0.2) is 0 Å². The number of benzene rings is 2. The van der Waals surface area contributed by atoms with Crippen molar-refractivity contribution in [3.63, 3.8) is 0 Å². The van der Waals surface area contributed by atoms with Gasteiger partial charge in [-0.1, -0.05) is 12.1 Å². The molecule has 0 radical (unpaired) electrons. The predicted molar refractivity (Wildman–Crippen MR) is 117 cm³/mol. The first-order valence-corrected chi connectivity index (χ1v) is 10.9.